The second-order valence-electron chi connectivity index (χ2n) is 6.91. The number of likely N-dealkylation sites (tertiary alicyclic amines) is 1. The summed E-state index contributed by atoms with van der Waals surface area (Å²) < 4.78 is 22.7. The highest BCUT2D eigenvalue weighted by atomic mass is 32.2. The summed E-state index contributed by atoms with van der Waals surface area (Å²) >= 11 is 0. The molecule has 6 nitrogen and oxygen atoms in total. The standard InChI is InChI=1S/C14H27N3O3S/c1-14(2)4-3-6-16(12-14)7-5-15-13(18)17-8-10-21(19,20)11-9-17/h3-12H2,1-2H3,(H,15,18). The highest BCUT2D eigenvalue weighted by Gasteiger charge is 2.27. The summed E-state index contributed by atoms with van der Waals surface area (Å²) in [5, 5.41) is 2.90. The van der Waals surface area contributed by atoms with Crippen LogP contribution in [-0.2, 0) is 9.84 Å². The number of urea groups is 1. The van der Waals surface area contributed by atoms with Crippen LogP contribution in [0.5, 0.6) is 0 Å². The van der Waals surface area contributed by atoms with E-state index in [-0.39, 0.29) is 17.5 Å². The van der Waals surface area contributed by atoms with Gasteiger partial charge in [-0.25, -0.2) is 13.2 Å². The SMILES string of the molecule is CC1(C)CCCN(CCNC(=O)N2CCS(=O)(=O)CC2)C1. The van der Waals surface area contributed by atoms with E-state index in [0.29, 0.717) is 25.0 Å². The van der Waals surface area contributed by atoms with E-state index in [2.05, 4.69) is 24.1 Å². The predicted octanol–water partition coefficient (Wildman–Crippen LogP) is 0.548. The molecular formula is C14H27N3O3S. The normalized spacial score (nSPS) is 25.5. The quantitative estimate of drug-likeness (QED) is 0.825. The van der Waals surface area contributed by atoms with Crippen molar-refractivity contribution in [2.75, 3.05) is 50.8 Å². The van der Waals surface area contributed by atoms with Gasteiger partial charge in [-0.15, -0.1) is 0 Å². The van der Waals surface area contributed by atoms with Crippen LogP contribution < -0.4 is 5.32 Å². The lowest BCUT2D eigenvalue weighted by Crippen LogP contribution is -2.50. The highest BCUT2D eigenvalue weighted by Crippen LogP contribution is 2.27. The number of amides is 2. The van der Waals surface area contributed by atoms with Gasteiger partial charge in [-0.1, -0.05) is 13.8 Å². The van der Waals surface area contributed by atoms with Crippen molar-refractivity contribution in [2.45, 2.75) is 26.7 Å². The van der Waals surface area contributed by atoms with Crippen molar-refractivity contribution in [3.8, 4) is 0 Å². The minimum absolute atomic E-state index is 0.0841. The average molecular weight is 317 g/mol. The van der Waals surface area contributed by atoms with Gasteiger partial charge in [0.2, 0.25) is 0 Å². The van der Waals surface area contributed by atoms with Gasteiger partial charge >= 0.3 is 6.03 Å². The van der Waals surface area contributed by atoms with Crippen molar-refractivity contribution in [1.82, 2.24) is 15.1 Å². The van der Waals surface area contributed by atoms with E-state index in [4.69, 9.17) is 0 Å². The van der Waals surface area contributed by atoms with Crippen LogP contribution >= 0.6 is 0 Å². The third kappa shape index (κ3) is 5.14. The molecule has 0 aromatic heterocycles. The lowest BCUT2D eigenvalue weighted by Gasteiger charge is -2.38. The first-order valence-electron chi connectivity index (χ1n) is 7.73. The first-order valence-corrected chi connectivity index (χ1v) is 9.55. The van der Waals surface area contributed by atoms with Crippen molar-refractivity contribution in [2.24, 2.45) is 5.41 Å². The van der Waals surface area contributed by atoms with Crippen LogP contribution in [0.4, 0.5) is 4.79 Å². The molecule has 2 fully saturated rings. The molecule has 0 aliphatic carbocycles. The molecule has 2 saturated heterocycles. The Bertz CT molecular complexity index is 462. The number of rotatable bonds is 3. The number of piperidine rings is 1. The molecule has 0 aromatic carbocycles. The lowest BCUT2D eigenvalue weighted by atomic mass is 9.84. The Morgan fingerprint density at radius 2 is 1.86 bits per heavy atom. The molecule has 2 aliphatic rings. The minimum Gasteiger partial charge on any atom is -0.337 e. The maximum Gasteiger partial charge on any atom is 0.317 e. The lowest BCUT2D eigenvalue weighted by molar-refractivity contribution is 0.118. The Balaban J connectivity index is 1.68. The molecule has 2 heterocycles. The Morgan fingerprint density at radius 1 is 1.19 bits per heavy atom. The zero-order valence-electron chi connectivity index (χ0n) is 13.1. The minimum atomic E-state index is -2.93. The Morgan fingerprint density at radius 3 is 2.48 bits per heavy atom. The van der Waals surface area contributed by atoms with E-state index in [1.54, 1.807) is 4.90 Å². The van der Waals surface area contributed by atoms with Gasteiger partial charge in [-0.2, -0.15) is 0 Å². The average Bonchev–Trinajstić information content (AvgIpc) is 2.37. The fourth-order valence-corrected chi connectivity index (χ4v) is 4.29. The molecule has 0 bridgehead atoms. The highest BCUT2D eigenvalue weighted by molar-refractivity contribution is 7.91. The molecule has 1 N–H and O–H groups in total. The number of sulfone groups is 1. The summed E-state index contributed by atoms with van der Waals surface area (Å²) in [7, 11) is -2.93. The van der Waals surface area contributed by atoms with Gasteiger partial charge in [-0.05, 0) is 24.8 Å². The zero-order valence-corrected chi connectivity index (χ0v) is 13.9. The second-order valence-corrected chi connectivity index (χ2v) is 9.22. The number of nitrogens with zero attached hydrogens (tertiary/aromatic N) is 2. The summed E-state index contributed by atoms with van der Waals surface area (Å²) in [5.41, 5.74) is 0.365. The van der Waals surface area contributed by atoms with E-state index in [1.165, 1.54) is 12.8 Å². The second kappa shape index (κ2) is 6.52. The third-order valence-electron chi connectivity index (χ3n) is 4.32. The molecule has 2 amide bonds. The van der Waals surface area contributed by atoms with Crippen LogP contribution in [0.15, 0.2) is 0 Å². The summed E-state index contributed by atoms with van der Waals surface area (Å²) in [4.78, 5) is 16.0. The van der Waals surface area contributed by atoms with Gasteiger partial charge in [0.15, 0.2) is 9.84 Å². The Kier molecular flexibility index (Phi) is 5.14. The molecule has 0 atom stereocenters. The zero-order chi connectivity index (χ0) is 15.5. The van der Waals surface area contributed by atoms with Crippen LogP contribution in [0.1, 0.15) is 26.7 Å². The van der Waals surface area contributed by atoms with Crippen molar-refractivity contribution in [1.29, 1.82) is 0 Å². The molecule has 0 spiro atoms. The molecular weight excluding hydrogens is 290 g/mol. The van der Waals surface area contributed by atoms with Crippen LogP contribution in [0, 0.1) is 5.41 Å². The van der Waals surface area contributed by atoms with Crippen molar-refractivity contribution < 1.29 is 13.2 Å². The maximum absolute atomic E-state index is 12.0. The van der Waals surface area contributed by atoms with Crippen molar-refractivity contribution in [3.05, 3.63) is 0 Å². The first-order chi connectivity index (χ1) is 9.77. The fraction of sp³-hybridized carbons (Fsp3) is 0.929. The summed E-state index contributed by atoms with van der Waals surface area (Å²) in [6, 6.07) is -0.138. The summed E-state index contributed by atoms with van der Waals surface area (Å²) in [6.45, 7) is 8.85. The number of carbonyl (C=O) groups excluding carboxylic acids is 1. The van der Waals surface area contributed by atoms with Crippen molar-refractivity contribution >= 4 is 15.9 Å². The molecule has 2 aliphatic heterocycles. The number of hydrogen-bond donors (Lipinski definition) is 1. The molecule has 2 rings (SSSR count). The number of nitrogens with one attached hydrogen (secondary N) is 1. The molecule has 0 aromatic rings. The van der Waals surface area contributed by atoms with Crippen LogP contribution in [-0.4, -0.2) is 75.0 Å². The molecule has 0 radical (unpaired) electrons. The maximum atomic E-state index is 12.0. The molecule has 122 valence electrons. The largest absolute Gasteiger partial charge is 0.337 e. The molecule has 0 unspecified atom stereocenters. The summed E-state index contributed by atoms with van der Waals surface area (Å²) in [6.07, 6.45) is 2.48. The van der Waals surface area contributed by atoms with Gasteiger partial charge < -0.3 is 15.1 Å². The summed E-state index contributed by atoms with van der Waals surface area (Å²) in [5.74, 6) is 0.168. The van der Waals surface area contributed by atoms with Gasteiger partial charge in [-0.3, -0.25) is 0 Å². The van der Waals surface area contributed by atoms with E-state index in [1.807, 2.05) is 0 Å². The van der Waals surface area contributed by atoms with Gasteiger partial charge in [0, 0.05) is 32.7 Å². The smallest absolute Gasteiger partial charge is 0.317 e. The van der Waals surface area contributed by atoms with Crippen LogP contribution in [0.3, 0.4) is 0 Å². The third-order valence-corrected chi connectivity index (χ3v) is 5.92. The monoisotopic (exact) mass is 317 g/mol. The molecule has 7 heteroatoms. The predicted molar refractivity (Wildman–Crippen MR) is 83.1 cm³/mol. The van der Waals surface area contributed by atoms with Gasteiger partial charge in [0.1, 0.15) is 0 Å². The Labute approximate surface area is 127 Å². The molecule has 0 saturated carbocycles. The van der Waals surface area contributed by atoms with E-state index >= 15 is 0 Å². The van der Waals surface area contributed by atoms with Gasteiger partial charge in [0.05, 0.1) is 11.5 Å². The number of hydrogen-bond acceptors (Lipinski definition) is 4. The van der Waals surface area contributed by atoms with Crippen molar-refractivity contribution in [3.63, 3.8) is 0 Å². The van der Waals surface area contributed by atoms with Crippen LogP contribution in [0.25, 0.3) is 0 Å². The first kappa shape index (κ1) is 16.5. The molecule has 21 heavy (non-hydrogen) atoms. The fourth-order valence-electron chi connectivity index (χ4n) is 3.08. The van der Waals surface area contributed by atoms with Crippen LogP contribution in [0.2, 0.25) is 0 Å². The van der Waals surface area contributed by atoms with E-state index in [9.17, 15) is 13.2 Å². The van der Waals surface area contributed by atoms with E-state index in [0.717, 1.165) is 19.6 Å². The number of carbonyl (C=O) groups is 1. The van der Waals surface area contributed by atoms with E-state index < -0.39 is 9.84 Å². The topological polar surface area (TPSA) is 69.7 Å². The van der Waals surface area contributed by atoms with Gasteiger partial charge in [0.25, 0.3) is 0 Å². The Hall–Kier alpha value is -0.820.